The lowest BCUT2D eigenvalue weighted by Gasteiger charge is -2.29. The lowest BCUT2D eigenvalue weighted by Crippen LogP contribution is -2.53. The maximum Gasteiger partial charge on any atom is 0.326 e. The van der Waals surface area contributed by atoms with E-state index in [9.17, 15) is 34.7 Å². The lowest BCUT2D eigenvalue weighted by atomic mass is 10.0. The molecule has 13 heteroatoms. The number of nitrogens with one attached hydrogen (secondary N) is 2. The molecule has 0 aromatic heterocycles. The maximum atomic E-state index is 13.3. The van der Waals surface area contributed by atoms with Gasteiger partial charge in [0.15, 0.2) is 5.03 Å². The normalized spacial score (nSPS) is 12.7. The van der Waals surface area contributed by atoms with Gasteiger partial charge in [-0.2, -0.15) is 0 Å². The van der Waals surface area contributed by atoms with E-state index in [0.29, 0.717) is 6.42 Å². The number of likely N-dealkylation sites (N-methyl/N-ethyl adjacent to an activating group) is 1. The first-order valence-corrected chi connectivity index (χ1v) is 11.9. The van der Waals surface area contributed by atoms with Crippen LogP contribution in [0.2, 0.25) is 0 Å². The molecular formula is C25H32N6O7. The summed E-state index contributed by atoms with van der Waals surface area (Å²) in [6.07, 6.45) is 0.860. The Morgan fingerprint density at radius 1 is 1.11 bits per heavy atom. The van der Waals surface area contributed by atoms with E-state index in [-0.39, 0.29) is 43.9 Å². The number of aliphatic carboxylic acids is 1. The minimum Gasteiger partial charge on any atom is -0.508 e. The molecule has 2 atom stereocenters. The van der Waals surface area contributed by atoms with Crippen LogP contribution in [0.5, 0.6) is 5.75 Å². The number of carbonyl (C=O) groups excluding carboxylic acids is 2. The number of aliphatic imine (C=N–C) groups is 1. The minimum atomic E-state index is -1.27. The number of carboxylic acids is 1. The van der Waals surface area contributed by atoms with E-state index in [0.717, 1.165) is 11.1 Å². The fourth-order valence-electron chi connectivity index (χ4n) is 3.66. The van der Waals surface area contributed by atoms with Crippen molar-refractivity contribution in [1.29, 1.82) is 0 Å². The van der Waals surface area contributed by atoms with Crippen molar-refractivity contribution in [2.75, 3.05) is 13.6 Å². The Labute approximate surface area is 219 Å². The summed E-state index contributed by atoms with van der Waals surface area (Å²) in [7, 11) is 1.50. The Bertz CT molecular complexity index is 1120. The predicted octanol–water partition coefficient (Wildman–Crippen LogP) is 0.840. The molecule has 0 unspecified atom stereocenters. The molecule has 0 saturated carbocycles. The molecule has 38 heavy (non-hydrogen) atoms. The molecule has 2 amide bonds. The number of nitrogens with zero attached hydrogens (tertiary/aromatic N) is 3. The van der Waals surface area contributed by atoms with Crippen molar-refractivity contribution in [3.63, 3.8) is 0 Å². The van der Waals surface area contributed by atoms with E-state index in [1.165, 1.54) is 24.1 Å². The number of rotatable bonds is 14. The van der Waals surface area contributed by atoms with E-state index in [1.807, 2.05) is 18.2 Å². The van der Waals surface area contributed by atoms with Crippen LogP contribution in [0.1, 0.15) is 30.4 Å². The number of phenolic OH excluding ortho intramolecular Hbond substituents is 1. The smallest absolute Gasteiger partial charge is 0.326 e. The number of nitrogens with two attached hydrogens (primary N) is 1. The number of hydrogen-bond acceptors (Lipinski definition) is 7. The number of hydrazine groups is 1. The third-order valence-corrected chi connectivity index (χ3v) is 5.75. The second kappa shape index (κ2) is 14.8. The average Bonchev–Trinajstić information content (AvgIpc) is 2.88. The highest BCUT2D eigenvalue weighted by atomic mass is 16.7. The van der Waals surface area contributed by atoms with Crippen LogP contribution in [-0.2, 0) is 27.2 Å². The molecule has 0 fully saturated rings. The second-order valence-electron chi connectivity index (χ2n) is 8.55. The third-order valence-electron chi connectivity index (χ3n) is 5.75. The maximum absolute atomic E-state index is 13.3. The van der Waals surface area contributed by atoms with Crippen molar-refractivity contribution in [2.24, 2.45) is 10.7 Å². The number of guanidine groups is 1. The van der Waals surface area contributed by atoms with Crippen molar-refractivity contribution in [2.45, 2.75) is 44.2 Å². The van der Waals surface area contributed by atoms with E-state index >= 15 is 0 Å². The van der Waals surface area contributed by atoms with E-state index < -0.39 is 35.0 Å². The van der Waals surface area contributed by atoms with Gasteiger partial charge in [-0.15, -0.1) is 0 Å². The van der Waals surface area contributed by atoms with Gasteiger partial charge in [-0.3, -0.25) is 9.59 Å². The quantitative estimate of drug-likeness (QED) is 0.0774. The zero-order chi connectivity index (χ0) is 28.1. The number of nitro groups is 1. The molecule has 2 rings (SSSR count). The number of phenols is 1. The van der Waals surface area contributed by atoms with Gasteiger partial charge in [0, 0.05) is 26.4 Å². The van der Waals surface area contributed by atoms with Gasteiger partial charge in [-0.05, 0) is 42.5 Å². The van der Waals surface area contributed by atoms with Crippen molar-refractivity contribution < 1.29 is 29.6 Å². The largest absolute Gasteiger partial charge is 0.508 e. The third kappa shape index (κ3) is 10.1. The molecule has 0 aliphatic rings. The topological polar surface area (TPSA) is 200 Å². The van der Waals surface area contributed by atoms with Gasteiger partial charge in [-0.25, -0.2) is 19.9 Å². The van der Waals surface area contributed by atoms with Gasteiger partial charge in [0.05, 0.1) is 0 Å². The standard InChI is InChI=1S/C25H32N6O7/c1-30(22(33)14-11-17-9-12-19(32)13-10-17)21(16-18-6-3-2-4-7-18)23(34)28-20(24(35)36)8-5-15-27-25(26)29-31(37)38/h2-4,6-7,9-10,12-13,20-21,32H,5,8,11,14-16H2,1H3,(H,28,34)(H,35,36)(H3,26,27,29)/t20-,21+/m0/s1. The molecule has 0 radical (unpaired) electrons. The summed E-state index contributed by atoms with van der Waals surface area (Å²) in [5.74, 6) is -2.49. The summed E-state index contributed by atoms with van der Waals surface area (Å²) in [6, 6.07) is 13.3. The molecule has 0 aliphatic heterocycles. The summed E-state index contributed by atoms with van der Waals surface area (Å²) >= 11 is 0. The molecular weight excluding hydrogens is 496 g/mol. The first kappa shape index (κ1) is 29.5. The van der Waals surface area contributed by atoms with Gasteiger partial charge in [0.2, 0.25) is 11.8 Å². The highest BCUT2D eigenvalue weighted by Crippen LogP contribution is 2.14. The summed E-state index contributed by atoms with van der Waals surface area (Å²) < 4.78 is 0. The number of hydrogen-bond donors (Lipinski definition) is 5. The van der Waals surface area contributed by atoms with E-state index in [1.54, 1.807) is 29.7 Å². The summed E-state index contributed by atoms with van der Waals surface area (Å²) in [5.41, 5.74) is 8.66. The monoisotopic (exact) mass is 528 g/mol. The molecule has 2 aromatic carbocycles. The van der Waals surface area contributed by atoms with Gasteiger partial charge in [0.25, 0.3) is 5.96 Å². The molecule has 204 valence electrons. The van der Waals surface area contributed by atoms with E-state index in [4.69, 9.17) is 5.73 Å². The Kier molecular flexibility index (Phi) is 11.5. The van der Waals surface area contributed by atoms with Gasteiger partial charge >= 0.3 is 5.97 Å². The molecule has 2 aromatic rings. The summed E-state index contributed by atoms with van der Waals surface area (Å²) in [5, 5.41) is 31.1. The lowest BCUT2D eigenvalue weighted by molar-refractivity contribution is -0.525. The number of carboxylic acid groups (broad SMARTS) is 1. The molecule has 0 heterocycles. The van der Waals surface area contributed by atoms with Crippen LogP contribution < -0.4 is 16.5 Å². The zero-order valence-corrected chi connectivity index (χ0v) is 20.9. The van der Waals surface area contributed by atoms with Gasteiger partial charge < -0.3 is 26.2 Å². The highest BCUT2D eigenvalue weighted by Gasteiger charge is 2.30. The van der Waals surface area contributed by atoms with Crippen LogP contribution in [0.25, 0.3) is 0 Å². The summed E-state index contributed by atoms with van der Waals surface area (Å²) in [4.78, 5) is 53.5. The van der Waals surface area contributed by atoms with Crippen molar-refractivity contribution in [1.82, 2.24) is 15.6 Å². The van der Waals surface area contributed by atoms with Gasteiger partial charge in [-0.1, -0.05) is 47.9 Å². The van der Waals surface area contributed by atoms with Crippen LogP contribution in [0, 0.1) is 10.1 Å². The Morgan fingerprint density at radius 2 is 1.76 bits per heavy atom. The Balaban J connectivity index is 2.08. The number of aryl methyl sites for hydroxylation is 1. The van der Waals surface area contributed by atoms with Crippen LogP contribution in [-0.4, -0.2) is 69.6 Å². The fourth-order valence-corrected chi connectivity index (χ4v) is 3.66. The zero-order valence-electron chi connectivity index (χ0n) is 20.9. The SMILES string of the molecule is CN(C(=O)CCc1ccc(O)cc1)[C@H](Cc1ccccc1)C(=O)N[C@@H](CCCN=C(N)N[N+](=O)[O-])C(=O)O. The first-order valence-electron chi connectivity index (χ1n) is 11.9. The molecule has 0 saturated heterocycles. The molecule has 6 N–H and O–H groups in total. The molecule has 13 nitrogen and oxygen atoms in total. The summed E-state index contributed by atoms with van der Waals surface area (Å²) in [6.45, 7) is 0.00934. The Hall–Kier alpha value is -4.68. The number of carbonyl (C=O) groups is 3. The number of benzene rings is 2. The predicted molar refractivity (Wildman–Crippen MR) is 139 cm³/mol. The Morgan fingerprint density at radius 3 is 2.37 bits per heavy atom. The van der Waals surface area contributed by atoms with Crippen molar-refractivity contribution in [3.05, 3.63) is 75.8 Å². The van der Waals surface area contributed by atoms with Crippen LogP contribution in [0.4, 0.5) is 0 Å². The van der Waals surface area contributed by atoms with Crippen molar-refractivity contribution in [3.8, 4) is 5.75 Å². The van der Waals surface area contributed by atoms with Crippen LogP contribution in [0.15, 0.2) is 59.6 Å². The van der Waals surface area contributed by atoms with Gasteiger partial charge in [0.1, 0.15) is 17.8 Å². The average molecular weight is 529 g/mol. The number of aromatic hydroxyl groups is 1. The first-order chi connectivity index (χ1) is 18.1. The second-order valence-corrected chi connectivity index (χ2v) is 8.55. The van der Waals surface area contributed by atoms with E-state index in [2.05, 4.69) is 10.3 Å². The van der Waals surface area contributed by atoms with Crippen LogP contribution in [0.3, 0.4) is 0 Å². The van der Waals surface area contributed by atoms with Crippen molar-refractivity contribution >= 4 is 23.7 Å². The molecule has 0 bridgehead atoms. The minimum absolute atomic E-state index is 0.00706. The van der Waals surface area contributed by atoms with Crippen LogP contribution >= 0.6 is 0 Å². The fraction of sp³-hybridized carbons (Fsp3) is 0.360. The highest BCUT2D eigenvalue weighted by molar-refractivity contribution is 5.90. The molecule has 0 aliphatic carbocycles. The molecule has 0 spiro atoms. The number of amides is 2.